The second-order valence-corrected chi connectivity index (χ2v) is 10.2. The Balaban J connectivity index is 0.00000191. The molecule has 1 rings (SSSR count). The third-order valence-corrected chi connectivity index (χ3v) is 9.56. The van der Waals surface area contributed by atoms with Crippen LogP contribution in [0.1, 0.15) is 19.3 Å². The van der Waals surface area contributed by atoms with Crippen molar-refractivity contribution in [2.24, 2.45) is 0 Å². The molecule has 0 aliphatic carbocycles. The van der Waals surface area contributed by atoms with E-state index < -0.39 is 38.8 Å². The molecule has 0 spiro atoms. The van der Waals surface area contributed by atoms with Crippen LogP contribution in [-0.4, -0.2) is 88.6 Å². The van der Waals surface area contributed by atoms with E-state index in [0.29, 0.717) is 23.5 Å². The summed E-state index contributed by atoms with van der Waals surface area (Å²) in [6, 6.07) is 0. The molecule has 0 amide bonds. The minimum absolute atomic E-state index is 0.0697. The second-order valence-electron chi connectivity index (χ2n) is 5.11. The maximum atomic E-state index is 9.93. The van der Waals surface area contributed by atoms with Gasteiger partial charge in [0.05, 0.1) is 0 Å². The molecule has 1 aliphatic heterocycles. The van der Waals surface area contributed by atoms with Gasteiger partial charge in [0.25, 0.3) is 0 Å². The molecule has 0 aromatic heterocycles. The number of halogens is 1. The zero-order valence-corrected chi connectivity index (χ0v) is 14.8. The summed E-state index contributed by atoms with van der Waals surface area (Å²) in [7, 11) is 0. The van der Waals surface area contributed by atoms with Crippen LogP contribution in [0.2, 0.25) is 15.5 Å². The molecule has 21 heavy (non-hydrogen) atoms. The van der Waals surface area contributed by atoms with Crippen molar-refractivity contribution in [1.29, 1.82) is 0 Å². The van der Waals surface area contributed by atoms with Crippen molar-refractivity contribution in [3.05, 3.63) is 0 Å². The zero-order chi connectivity index (χ0) is 16.4. The zero-order valence-electron chi connectivity index (χ0n) is 12.3. The molecule has 6 atom stereocenters. The van der Waals surface area contributed by atoms with Crippen molar-refractivity contribution in [2.75, 3.05) is 19.6 Å². The van der Waals surface area contributed by atoms with Gasteiger partial charge >= 0.3 is 117 Å². The summed E-state index contributed by atoms with van der Waals surface area (Å²) in [5.41, 5.74) is 0. The van der Waals surface area contributed by atoms with Crippen LogP contribution < -0.4 is 0 Å². The van der Waals surface area contributed by atoms with Crippen LogP contribution in [0.4, 0.5) is 0 Å². The summed E-state index contributed by atoms with van der Waals surface area (Å²) in [5.74, 6) is 0. The van der Waals surface area contributed by atoms with Crippen molar-refractivity contribution in [3.8, 4) is 0 Å². The molecule has 128 valence electrons. The number of rotatable bonds is 8. The van der Waals surface area contributed by atoms with Gasteiger partial charge in [-0.1, -0.05) is 0 Å². The standard InChI is InChI=1S/C12H25O6Se.CH3Cl/c13-4-10-3-9(16)7-19(10)6-8(15)1-2-11(17)12(18)5-14;1-2/h8-18H,1-7H2;1H3/q+1;. The van der Waals surface area contributed by atoms with Crippen molar-refractivity contribution < 1.29 is 30.6 Å². The fourth-order valence-electron chi connectivity index (χ4n) is 2.28. The van der Waals surface area contributed by atoms with Crippen LogP contribution in [0.15, 0.2) is 0 Å². The van der Waals surface area contributed by atoms with Gasteiger partial charge in [0.15, 0.2) is 0 Å². The molecule has 6 N–H and O–H groups in total. The fraction of sp³-hybridized carbons (Fsp3) is 1.00. The van der Waals surface area contributed by atoms with Gasteiger partial charge in [-0.3, -0.25) is 0 Å². The quantitative estimate of drug-likeness (QED) is 0.240. The first-order chi connectivity index (χ1) is 9.97. The van der Waals surface area contributed by atoms with E-state index in [1.165, 1.54) is 6.38 Å². The van der Waals surface area contributed by atoms with Crippen LogP contribution in [0.25, 0.3) is 0 Å². The molecule has 0 aromatic carbocycles. The van der Waals surface area contributed by atoms with E-state index in [1.54, 1.807) is 0 Å². The van der Waals surface area contributed by atoms with E-state index in [4.69, 9.17) is 5.11 Å². The van der Waals surface area contributed by atoms with Crippen molar-refractivity contribution >= 4 is 25.5 Å². The third kappa shape index (κ3) is 8.11. The molecule has 0 aromatic rings. The summed E-state index contributed by atoms with van der Waals surface area (Å²) in [4.78, 5) is 0.151. The van der Waals surface area contributed by atoms with Gasteiger partial charge in [0, 0.05) is 6.38 Å². The molecule has 1 aliphatic rings. The molecule has 1 fully saturated rings. The van der Waals surface area contributed by atoms with E-state index >= 15 is 0 Å². The predicted octanol–water partition coefficient (Wildman–Crippen LogP) is -0.682. The van der Waals surface area contributed by atoms with Gasteiger partial charge in [-0.15, -0.1) is 11.6 Å². The number of hydrogen-bond acceptors (Lipinski definition) is 6. The molecule has 1 saturated heterocycles. The number of aliphatic hydroxyl groups excluding tert-OH is 6. The summed E-state index contributed by atoms with van der Waals surface area (Å²) in [5, 5.41) is 57.4. The van der Waals surface area contributed by atoms with E-state index in [1.807, 2.05) is 0 Å². The molecule has 8 heteroatoms. The molecular weight excluding hydrogens is 367 g/mol. The minimum atomic E-state index is -1.21. The molecular formula is C13H28ClO6Se+. The van der Waals surface area contributed by atoms with Gasteiger partial charge in [-0.05, 0) is 0 Å². The van der Waals surface area contributed by atoms with E-state index in [-0.39, 0.29) is 23.9 Å². The van der Waals surface area contributed by atoms with Gasteiger partial charge in [0.2, 0.25) is 0 Å². The average Bonchev–Trinajstić information content (AvgIpc) is 2.85. The fourth-order valence-corrected chi connectivity index (χ4v) is 7.90. The SMILES string of the molecule is CCl.OCC(O)C(O)CCC(O)C[Se+]1CC(O)CC1CO. The van der Waals surface area contributed by atoms with Gasteiger partial charge in [0.1, 0.15) is 0 Å². The van der Waals surface area contributed by atoms with E-state index in [9.17, 15) is 25.5 Å². The van der Waals surface area contributed by atoms with Gasteiger partial charge in [-0.2, -0.15) is 0 Å². The summed E-state index contributed by atoms with van der Waals surface area (Å²) in [6.45, 7) is -0.424. The molecule has 0 radical (unpaired) electrons. The number of hydrogen-bond donors (Lipinski definition) is 6. The first kappa shape index (κ1) is 21.6. The predicted molar refractivity (Wildman–Crippen MR) is 82.9 cm³/mol. The summed E-state index contributed by atoms with van der Waals surface area (Å²) >= 11 is 3.43. The van der Waals surface area contributed by atoms with Crippen molar-refractivity contribution in [1.82, 2.24) is 0 Å². The Bertz CT molecular complexity index is 261. The van der Waals surface area contributed by atoms with Crippen molar-refractivity contribution in [2.45, 2.75) is 59.1 Å². The van der Waals surface area contributed by atoms with Crippen LogP contribution in [0, 0.1) is 0 Å². The number of alkyl halides is 1. The first-order valence-electron chi connectivity index (χ1n) is 6.96. The normalized spacial score (nSPS) is 29.4. The maximum absolute atomic E-state index is 9.93. The Labute approximate surface area is 135 Å². The van der Waals surface area contributed by atoms with Crippen LogP contribution in [0.5, 0.6) is 0 Å². The molecule has 6 unspecified atom stereocenters. The molecule has 1 heterocycles. The van der Waals surface area contributed by atoms with Gasteiger partial charge < -0.3 is 0 Å². The Hall–Kier alpha value is 0.569. The summed E-state index contributed by atoms with van der Waals surface area (Å²) in [6.07, 6.45) is -0.439. The van der Waals surface area contributed by atoms with Crippen LogP contribution in [0.3, 0.4) is 0 Å². The monoisotopic (exact) mass is 395 g/mol. The summed E-state index contributed by atoms with van der Waals surface area (Å²) < 4.78 is 0. The Morgan fingerprint density at radius 3 is 2.24 bits per heavy atom. The van der Waals surface area contributed by atoms with E-state index in [2.05, 4.69) is 11.6 Å². The topological polar surface area (TPSA) is 121 Å². The van der Waals surface area contributed by atoms with Crippen LogP contribution in [-0.2, 0) is 0 Å². The average molecular weight is 395 g/mol. The Morgan fingerprint density at radius 2 is 1.71 bits per heavy atom. The molecule has 6 nitrogen and oxygen atoms in total. The first-order valence-corrected chi connectivity index (χ1v) is 11.1. The second kappa shape index (κ2) is 12.0. The molecule has 0 saturated carbocycles. The van der Waals surface area contributed by atoms with E-state index in [0.717, 1.165) is 0 Å². The van der Waals surface area contributed by atoms with Crippen LogP contribution >= 0.6 is 11.6 Å². The van der Waals surface area contributed by atoms with Crippen molar-refractivity contribution in [3.63, 3.8) is 0 Å². The van der Waals surface area contributed by atoms with Gasteiger partial charge in [-0.25, -0.2) is 0 Å². The Kier molecular flexibility index (Phi) is 12.4. The Morgan fingerprint density at radius 1 is 1.10 bits per heavy atom. The number of aliphatic hydroxyl groups is 6. The third-order valence-electron chi connectivity index (χ3n) is 3.45. The molecule has 0 bridgehead atoms.